The summed E-state index contributed by atoms with van der Waals surface area (Å²) in [5, 5.41) is 0.744. The van der Waals surface area contributed by atoms with E-state index in [1.165, 1.54) is 18.2 Å². The van der Waals surface area contributed by atoms with Crippen LogP contribution in [0.5, 0.6) is 0 Å². The number of halogens is 2. The number of fused-ring (bicyclic) bond motifs is 1. The third kappa shape index (κ3) is 4.33. The maximum Gasteiger partial charge on any atom is 0.245 e. The molecule has 11 heteroatoms. The van der Waals surface area contributed by atoms with Crippen LogP contribution in [0.25, 0.3) is 0 Å². The number of aryl methyl sites for hydroxylation is 1. The second-order valence-electron chi connectivity index (χ2n) is 6.30. The van der Waals surface area contributed by atoms with Crippen molar-refractivity contribution in [2.75, 3.05) is 16.2 Å². The van der Waals surface area contributed by atoms with Crippen molar-refractivity contribution in [3.05, 3.63) is 51.5 Å². The van der Waals surface area contributed by atoms with Crippen LogP contribution in [-0.4, -0.2) is 35.1 Å². The maximum absolute atomic E-state index is 12.3. The van der Waals surface area contributed by atoms with E-state index >= 15 is 0 Å². The number of carbonyl (C=O) groups excluding carboxylic acids is 1. The summed E-state index contributed by atoms with van der Waals surface area (Å²) in [4.78, 5) is 13.0. The van der Waals surface area contributed by atoms with Gasteiger partial charge in [0.15, 0.2) is 5.78 Å². The molecule has 0 heterocycles. The van der Waals surface area contributed by atoms with Gasteiger partial charge in [0.2, 0.25) is 20.0 Å². The summed E-state index contributed by atoms with van der Waals surface area (Å²) in [6, 6.07) is 7.75. The number of sulfonamides is 2. The molecule has 0 saturated carbocycles. The molecule has 1 aliphatic carbocycles. The van der Waals surface area contributed by atoms with Crippen molar-refractivity contribution in [2.45, 2.75) is 22.6 Å². The summed E-state index contributed by atoms with van der Waals surface area (Å²) in [6.45, 7) is 0. The largest absolute Gasteiger partial charge is 0.294 e. The van der Waals surface area contributed by atoms with Gasteiger partial charge < -0.3 is 0 Å². The van der Waals surface area contributed by atoms with E-state index in [1.807, 2.05) is 0 Å². The minimum absolute atomic E-state index is 0.0329. The SMILES string of the molecule is CS(=O)(=O)N(c1cc2c(cc1Sc1ccc(Cl)cc1Cl)C(=O)CC2)S(C)(=O)=O. The first kappa shape index (κ1) is 21.4. The molecule has 0 N–H and O–H groups in total. The minimum atomic E-state index is -4.15. The van der Waals surface area contributed by atoms with Gasteiger partial charge in [-0.15, -0.1) is 0 Å². The van der Waals surface area contributed by atoms with Gasteiger partial charge in [-0.3, -0.25) is 4.79 Å². The predicted molar refractivity (Wildman–Crippen MR) is 112 cm³/mol. The van der Waals surface area contributed by atoms with Crippen molar-refractivity contribution < 1.29 is 21.6 Å². The van der Waals surface area contributed by atoms with Gasteiger partial charge in [0.1, 0.15) is 0 Å². The Hall–Kier alpha value is -1.26. The lowest BCUT2D eigenvalue weighted by atomic mass is 10.1. The molecule has 28 heavy (non-hydrogen) atoms. The molecule has 6 nitrogen and oxygen atoms in total. The van der Waals surface area contributed by atoms with Gasteiger partial charge in [0, 0.05) is 26.8 Å². The van der Waals surface area contributed by atoms with E-state index in [2.05, 4.69) is 0 Å². The Morgan fingerprint density at radius 1 is 0.929 bits per heavy atom. The molecule has 0 spiro atoms. The van der Waals surface area contributed by atoms with Gasteiger partial charge >= 0.3 is 0 Å². The van der Waals surface area contributed by atoms with Crippen molar-refractivity contribution in [3.63, 3.8) is 0 Å². The van der Waals surface area contributed by atoms with Gasteiger partial charge in [0.05, 0.1) is 23.2 Å². The molecule has 0 radical (unpaired) electrons. The maximum atomic E-state index is 12.3. The molecule has 150 valence electrons. The van der Waals surface area contributed by atoms with E-state index in [4.69, 9.17) is 23.2 Å². The molecule has 0 amide bonds. The van der Waals surface area contributed by atoms with Crippen LogP contribution in [0.2, 0.25) is 10.0 Å². The van der Waals surface area contributed by atoms with Crippen LogP contribution in [0.4, 0.5) is 5.69 Å². The van der Waals surface area contributed by atoms with E-state index in [0.29, 0.717) is 42.6 Å². The molecule has 2 aromatic rings. The fraction of sp³-hybridized carbons (Fsp3) is 0.235. The Kier molecular flexibility index (Phi) is 5.77. The van der Waals surface area contributed by atoms with Crippen LogP contribution in [0, 0.1) is 0 Å². The molecule has 0 bridgehead atoms. The molecule has 0 unspecified atom stereocenters. The quantitative estimate of drug-likeness (QED) is 0.643. The lowest BCUT2D eigenvalue weighted by Gasteiger charge is -2.23. The number of hydrogen-bond donors (Lipinski definition) is 0. The molecule has 0 atom stereocenters. The Labute approximate surface area is 177 Å². The van der Waals surface area contributed by atoms with Crippen LogP contribution in [0.1, 0.15) is 22.3 Å². The molecule has 0 aliphatic heterocycles. The van der Waals surface area contributed by atoms with Crippen molar-refractivity contribution in [2.24, 2.45) is 0 Å². The highest BCUT2D eigenvalue weighted by molar-refractivity contribution is 8.09. The first-order valence-electron chi connectivity index (χ1n) is 7.91. The Morgan fingerprint density at radius 3 is 2.14 bits per heavy atom. The molecule has 2 aromatic carbocycles. The number of hydrogen-bond acceptors (Lipinski definition) is 6. The van der Waals surface area contributed by atoms with E-state index in [1.54, 1.807) is 12.1 Å². The highest BCUT2D eigenvalue weighted by Gasteiger charge is 2.32. The highest BCUT2D eigenvalue weighted by Crippen LogP contribution is 2.43. The topological polar surface area (TPSA) is 88.6 Å². The van der Waals surface area contributed by atoms with E-state index in [0.717, 1.165) is 24.3 Å². The number of anilines is 1. The van der Waals surface area contributed by atoms with Gasteiger partial charge in [0.25, 0.3) is 0 Å². The molecule has 0 aromatic heterocycles. The molecule has 0 fully saturated rings. The number of nitrogens with zero attached hydrogens (tertiary/aromatic N) is 1. The van der Waals surface area contributed by atoms with Crippen LogP contribution >= 0.6 is 35.0 Å². The van der Waals surface area contributed by atoms with Crippen LogP contribution in [0.3, 0.4) is 0 Å². The van der Waals surface area contributed by atoms with Crippen molar-refractivity contribution in [1.82, 2.24) is 0 Å². The first-order chi connectivity index (χ1) is 12.9. The van der Waals surface area contributed by atoms with Gasteiger partial charge in [-0.05, 0) is 42.3 Å². The summed E-state index contributed by atoms with van der Waals surface area (Å²) < 4.78 is 49.5. The van der Waals surface area contributed by atoms with Crippen LogP contribution in [-0.2, 0) is 26.5 Å². The first-order valence-corrected chi connectivity index (χ1v) is 13.2. The second kappa shape index (κ2) is 7.53. The lowest BCUT2D eigenvalue weighted by Crippen LogP contribution is -2.35. The third-order valence-electron chi connectivity index (χ3n) is 4.02. The molecular formula is C17H15Cl2NO5S3. The van der Waals surface area contributed by atoms with Crippen molar-refractivity contribution in [3.8, 4) is 0 Å². The average Bonchev–Trinajstić information content (AvgIpc) is 2.88. The Bertz CT molecular complexity index is 1160. The number of rotatable bonds is 5. The summed E-state index contributed by atoms with van der Waals surface area (Å²) in [7, 11) is -8.29. The third-order valence-corrected chi connectivity index (χ3v) is 9.03. The Balaban J connectivity index is 2.25. The summed E-state index contributed by atoms with van der Waals surface area (Å²) in [6.07, 6.45) is 2.35. The summed E-state index contributed by atoms with van der Waals surface area (Å²) in [5.74, 6) is -0.0733. The predicted octanol–water partition coefficient (Wildman–Crippen LogP) is 4.00. The minimum Gasteiger partial charge on any atom is -0.294 e. The van der Waals surface area contributed by atoms with Crippen molar-refractivity contribution >= 4 is 66.5 Å². The molecule has 0 saturated heterocycles. The normalized spacial score (nSPS) is 14.2. The monoisotopic (exact) mass is 479 g/mol. The van der Waals surface area contributed by atoms with Crippen molar-refractivity contribution in [1.29, 1.82) is 0 Å². The summed E-state index contributed by atoms with van der Waals surface area (Å²) in [5.41, 5.74) is 1.04. The standard InChI is InChI=1S/C17H15Cl2NO5S3/c1-27(22,23)20(28(2,24)25)14-7-10-3-5-15(21)12(10)9-17(14)26-16-6-4-11(18)8-13(16)19/h4,6-9H,3,5H2,1-2H3. The number of benzene rings is 2. The summed E-state index contributed by atoms with van der Waals surface area (Å²) >= 11 is 13.2. The fourth-order valence-corrected chi connectivity index (χ4v) is 7.55. The number of ketones is 1. The smallest absolute Gasteiger partial charge is 0.245 e. The molecule has 1 aliphatic rings. The van der Waals surface area contributed by atoms with E-state index in [9.17, 15) is 21.6 Å². The Morgan fingerprint density at radius 2 is 1.57 bits per heavy atom. The van der Waals surface area contributed by atoms with E-state index < -0.39 is 20.0 Å². The van der Waals surface area contributed by atoms with E-state index in [-0.39, 0.29) is 16.4 Å². The van der Waals surface area contributed by atoms with Crippen LogP contribution in [0.15, 0.2) is 40.1 Å². The zero-order valence-corrected chi connectivity index (χ0v) is 18.7. The average molecular weight is 480 g/mol. The fourth-order valence-electron chi connectivity index (χ4n) is 2.97. The second-order valence-corrected chi connectivity index (χ2v) is 12.1. The molecular weight excluding hydrogens is 465 g/mol. The molecule has 3 rings (SSSR count). The number of carbonyl (C=O) groups is 1. The highest BCUT2D eigenvalue weighted by atomic mass is 35.5. The van der Waals surface area contributed by atoms with Crippen LogP contribution < -0.4 is 3.71 Å². The van der Waals surface area contributed by atoms with Gasteiger partial charge in [-0.1, -0.05) is 35.0 Å². The zero-order valence-electron chi connectivity index (χ0n) is 14.8. The lowest BCUT2D eigenvalue weighted by molar-refractivity contribution is 0.0994. The van der Waals surface area contributed by atoms with Gasteiger partial charge in [-0.2, -0.15) is 3.71 Å². The number of Topliss-reactive ketones (excluding diaryl/α,β-unsaturated/α-hetero) is 1. The zero-order chi connectivity index (χ0) is 20.9. The van der Waals surface area contributed by atoms with Gasteiger partial charge in [-0.25, -0.2) is 16.8 Å².